The molecule has 0 aliphatic carbocycles. The third-order valence-corrected chi connectivity index (χ3v) is 4.86. The van der Waals surface area contributed by atoms with Crippen LogP contribution in [-0.4, -0.2) is 48.3 Å². The Morgan fingerprint density at radius 2 is 1.78 bits per heavy atom. The van der Waals surface area contributed by atoms with E-state index in [-0.39, 0.29) is 17.4 Å². The summed E-state index contributed by atoms with van der Waals surface area (Å²) in [6.45, 7) is 21.9. The van der Waals surface area contributed by atoms with Gasteiger partial charge in [-0.2, -0.15) is 0 Å². The number of likely N-dealkylation sites (N-methyl/N-ethyl adjacent to an activating group) is 1. The third-order valence-electron chi connectivity index (χ3n) is 4.40. The predicted octanol–water partition coefficient (Wildman–Crippen LogP) is 8.66. The van der Waals surface area contributed by atoms with Crippen LogP contribution in [0, 0.1) is 5.82 Å². The zero-order chi connectivity index (χ0) is 27.8. The van der Waals surface area contributed by atoms with Gasteiger partial charge in [-0.3, -0.25) is 4.99 Å². The van der Waals surface area contributed by atoms with E-state index in [1.54, 1.807) is 12.1 Å². The van der Waals surface area contributed by atoms with Crippen molar-refractivity contribution in [3.05, 3.63) is 53.0 Å². The second kappa shape index (κ2) is 17.6. The van der Waals surface area contributed by atoms with Gasteiger partial charge in [-0.1, -0.05) is 70.1 Å². The predicted molar refractivity (Wildman–Crippen MR) is 159 cm³/mol. The Morgan fingerprint density at radius 1 is 1.14 bits per heavy atom. The molecule has 0 saturated heterocycles. The lowest BCUT2D eigenvalue weighted by molar-refractivity contribution is 0.179. The van der Waals surface area contributed by atoms with Gasteiger partial charge in [0.1, 0.15) is 24.0 Å². The highest BCUT2D eigenvalue weighted by Gasteiger charge is 2.17. The number of rotatable bonds is 8. The molecule has 6 nitrogen and oxygen atoms in total. The Labute approximate surface area is 224 Å². The zero-order valence-electron chi connectivity index (χ0n) is 23.1. The molecule has 0 bridgehead atoms. The monoisotopic (exact) mass is 561 g/mol. The fraction of sp³-hybridized carbons (Fsp3) is 0.393. The van der Waals surface area contributed by atoms with Gasteiger partial charge in [-0.15, -0.1) is 0 Å². The number of hydrogen-bond donors (Lipinski definition) is 1. The highest BCUT2D eigenvalue weighted by molar-refractivity contribution is 9.10. The van der Waals surface area contributed by atoms with Gasteiger partial charge in [0.05, 0.1) is 22.3 Å². The molecule has 1 heterocycles. The summed E-state index contributed by atoms with van der Waals surface area (Å²) in [4.78, 5) is 14.6. The summed E-state index contributed by atoms with van der Waals surface area (Å²) in [5.74, 6) is 0.556. The molecule has 0 amide bonds. The number of aliphatic imine (C=N–C) groups is 1. The van der Waals surface area contributed by atoms with Crippen molar-refractivity contribution in [1.82, 2.24) is 14.9 Å². The molecular formula is C28H41BrFN5O. The van der Waals surface area contributed by atoms with Gasteiger partial charge in [0, 0.05) is 16.6 Å². The van der Waals surface area contributed by atoms with E-state index in [1.807, 2.05) is 79.6 Å². The lowest BCUT2D eigenvalue weighted by Crippen LogP contribution is -2.28. The van der Waals surface area contributed by atoms with Gasteiger partial charge >= 0.3 is 0 Å². The van der Waals surface area contributed by atoms with Crippen molar-refractivity contribution in [2.24, 2.45) is 4.99 Å². The quantitative estimate of drug-likeness (QED) is 0.279. The number of benzene rings is 2. The number of ether oxygens (including phenoxy) is 1. The van der Waals surface area contributed by atoms with E-state index >= 15 is 4.39 Å². The van der Waals surface area contributed by atoms with Crippen LogP contribution in [-0.2, 0) is 0 Å². The molecule has 1 N–H and O–H groups in total. The Morgan fingerprint density at radius 3 is 2.33 bits per heavy atom. The van der Waals surface area contributed by atoms with Gasteiger partial charge < -0.3 is 15.0 Å². The fourth-order valence-corrected chi connectivity index (χ4v) is 3.64. The summed E-state index contributed by atoms with van der Waals surface area (Å²) < 4.78 is 22.0. The summed E-state index contributed by atoms with van der Waals surface area (Å²) >= 11 is 3.50. The van der Waals surface area contributed by atoms with E-state index in [1.165, 1.54) is 12.4 Å². The number of anilines is 2. The third kappa shape index (κ3) is 8.99. The molecule has 2 aromatic carbocycles. The van der Waals surface area contributed by atoms with E-state index in [9.17, 15) is 0 Å². The first-order valence-corrected chi connectivity index (χ1v) is 13.1. The van der Waals surface area contributed by atoms with E-state index in [2.05, 4.69) is 49.5 Å². The first-order chi connectivity index (χ1) is 17.3. The molecule has 0 saturated carbocycles. The van der Waals surface area contributed by atoms with Crippen LogP contribution in [0.15, 0.2) is 46.6 Å². The van der Waals surface area contributed by atoms with Gasteiger partial charge in [0.15, 0.2) is 5.82 Å². The number of fused-ring (bicyclic) bond motifs is 1. The molecule has 1 atom stereocenters. The molecular weight excluding hydrogens is 521 g/mol. The number of nitrogens with one attached hydrogen (secondary N) is 1. The minimum atomic E-state index is -0.484. The van der Waals surface area contributed by atoms with Crippen LogP contribution in [0.1, 0.15) is 54.0 Å². The summed E-state index contributed by atoms with van der Waals surface area (Å²) in [7, 11) is 3.97. The van der Waals surface area contributed by atoms with E-state index in [4.69, 9.17) is 4.74 Å². The van der Waals surface area contributed by atoms with E-state index < -0.39 is 5.82 Å². The van der Waals surface area contributed by atoms with Gasteiger partial charge in [-0.05, 0) is 52.0 Å². The van der Waals surface area contributed by atoms with E-state index in [0.29, 0.717) is 28.2 Å². The molecule has 198 valence electrons. The lowest BCUT2D eigenvalue weighted by atomic mass is 10.1. The summed E-state index contributed by atoms with van der Waals surface area (Å²) in [6, 6.07) is 6.99. The first kappa shape index (κ1) is 33.2. The van der Waals surface area contributed by atoms with Gasteiger partial charge in [0.25, 0.3) is 0 Å². The standard InChI is InChI=1S/C22H23BrFN5O.3C2H6/c1-6-15-16(25-3)7-8-17(21(15)24)28-22-20-18(26-12-27-22)9-14(23)10-19(20)30-13(2)11-29(4)5;3*1-2/h6-10,12-13H,1,3,11H2,2,4-5H3,(H,26,27,28);3*1-2H3. The van der Waals surface area contributed by atoms with Crippen LogP contribution in [0.2, 0.25) is 0 Å². The van der Waals surface area contributed by atoms with Crippen LogP contribution in [0.4, 0.5) is 21.6 Å². The lowest BCUT2D eigenvalue weighted by Gasteiger charge is -2.21. The van der Waals surface area contributed by atoms with E-state index in [0.717, 1.165) is 11.0 Å². The van der Waals surface area contributed by atoms with Crippen molar-refractivity contribution in [3.63, 3.8) is 0 Å². The minimum absolute atomic E-state index is 0.0763. The topological polar surface area (TPSA) is 62.6 Å². The number of aromatic nitrogens is 2. The van der Waals surface area contributed by atoms with Crippen molar-refractivity contribution in [1.29, 1.82) is 0 Å². The SMILES string of the molecule is C=Cc1c(N=C)ccc(Nc2ncnc3cc(Br)cc(OC(C)CN(C)C)c23)c1F.CC.CC.CC. The second-order valence-electron chi connectivity index (χ2n) is 7.06. The fourth-order valence-electron chi connectivity index (χ4n) is 3.22. The summed E-state index contributed by atoms with van der Waals surface area (Å²) in [5.41, 5.74) is 1.61. The maximum atomic E-state index is 15.0. The Kier molecular flexibility index (Phi) is 16.2. The molecule has 0 fully saturated rings. The Bertz CT molecular complexity index is 1100. The van der Waals surface area contributed by atoms with Gasteiger partial charge in [0.2, 0.25) is 0 Å². The van der Waals surface area contributed by atoms with Crippen LogP contribution in [0.3, 0.4) is 0 Å². The van der Waals surface area contributed by atoms with Crippen LogP contribution >= 0.6 is 15.9 Å². The van der Waals surface area contributed by atoms with Crippen molar-refractivity contribution in [2.45, 2.75) is 54.6 Å². The van der Waals surface area contributed by atoms with Crippen LogP contribution < -0.4 is 10.1 Å². The Balaban J connectivity index is 0.00000190. The summed E-state index contributed by atoms with van der Waals surface area (Å²) in [5, 5.41) is 3.74. The average Bonchev–Trinajstić information content (AvgIpc) is 2.88. The largest absolute Gasteiger partial charge is 0.488 e. The molecule has 0 radical (unpaired) electrons. The van der Waals surface area contributed by atoms with Crippen molar-refractivity contribution in [3.8, 4) is 5.75 Å². The van der Waals surface area contributed by atoms with Crippen LogP contribution in [0.25, 0.3) is 17.0 Å². The minimum Gasteiger partial charge on any atom is -0.488 e. The van der Waals surface area contributed by atoms with Crippen LogP contribution in [0.5, 0.6) is 5.75 Å². The molecule has 0 aliphatic rings. The van der Waals surface area contributed by atoms with Crippen molar-refractivity contribution in [2.75, 3.05) is 26.0 Å². The molecule has 3 aromatic rings. The second-order valence-corrected chi connectivity index (χ2v) is 7.97. The Hall–Kier alpha value is -2.84. The van der Waals surface area contributed by atoms with Gasteiger partial charge in [-0.25, -0.2) is 14.4 Å². The molecule has 8 heteroatoms. The zero-order valence-corrected chi connectivity index (χ0v) is 24.7. The maximum absolute atomic E-state index is 15.0. The highest BCUT2D eigenvalue weighted by atomic mass is 79.9. The number of nitrogens with zero attached hydrogens (tertiary/aromatic N) is 4. The molecule has 0 spiro atoms. The molecule has 0 aliphatic heterocycles. The summed E-state index contributed by atoms with van der Waals surface area (Å²) in [6.07, 6.45) is 2.76. The first-order valence-electron chi connectivity index (χ1n) is 12.3. The molecule has 3 rings (SSSR count). The smallest absolute Gasteiger partial charge is 0.156 e. The number of halogens is 2. The molecule has 1 aromatic heterocycles. The maximum Gasteiger partial charge on any atom is 0.156 e. The highest BCUT2D eigenvalue weighted by Crippen LogP contribution is 2.37. The number of hydrogen-bond acceptors (Lipinski definition) is 6. The molecule has 36 heavy (non-hydrogen) atoms. The normalized spacial score (nSPS) is 10.6. The average molecular weight is 563 g/mol. The van der Waals surface area contributed by atoms with Crippen molar-refractivity contribution < 1.29 is 9.13 Å². The molecule has 1 unspecified atom stereocenters. The van der Waals surface area contributed by atoms with Crippen molar-refractivity contribution >= 4 is 56.8 Å².